The summed E-state index contributed by atoms with van der Waals surface area (Å²) in [6.45, 7) is 0. The van der Waals surface area contributed by atoms with E-state index in [9.17, 15) is 0 Å². The van der Waals surface area contributed by atoms with Crippen LogP contribution < -0.4 is 9.80 Å². The average molecular weight is 368 g/mol. The Hall–Kier alpha value is -1.23. The number of nitrogens with zero attached hydrogens (tertiary/aromatic N) is 2. The van der Waals surface area contributed by atoms with Gasteiger partial charge in [-0.25, -0.2) is 0 Å². The Balaban J connectivity index is 0.00000180. The minimum Gasteiger partial charge on any atom is -0.378 e. The van der Waals surface area contributed by atoms with Crippen LogP contribution in [-0.2, 0) is 0 Å². The summed E-state index contributed by atoms with van der Waals surface area (Å²) in [5.41, 5.74) is 4.96. The van der Waals surface area contributed by atoms with Crippen molar-refractivity contribution >= 4 is 35.4 Å². The van der Waals surface area contributed by atoms with Gasteiger partial charge in [-0.1, -0.05) is 24.3 Å². The van der Waals surface area contributed by atoms with Crippen LogP contribution in [0, 0.1) is 0 Å². The highest BCUT2D eigenvalue weighted by Crippen LogP contribution is 2.24. The normalized spacial score (nSPS) is 9.68. The minimum absolute atomic E-state index is 0. The van der Waals surface area contributed by atoms with Gasteiger partial charge in [0.05, 0.1) is 0 Å². The summed E-state index contributed by atoms with van der Waals surface area (Å²) >= 11 is 0. The topological polar surface area (TPSA) is 6.48 Å². The van der Waals surface area contributed by atoms with Crippen molar-refractivity contribution in [3.05, 3.63) is 48.5 Å². The molecule has 0 saturated carbocycles. The molecule has 3 heteroatoms. The molecule has 0 saturated heterocycles. The van der Waals surface area contributed by atoms with Gasteiger partial charge in [0.25, 0.3) is 0 Å². The van der Waals surface area contributed by atoms with Crippen LogP contribution in [0.2, 0.25) is 0 Å². The van der Waals surface area contributed by atoms with Crippen LogP contribution in [0.5, 0.6) is 0 Å². The lowest BCUT2D eigenvalue weighted by Gasteiger charge is -2.14. The van der Waals surface area contributed by atoms with Crippen molar-refractivity contribution in [1.82, 2.24) is 0 Å². The fourth-order valence-electron chi connectivity index (χ4n) is 1.90. The van der Waals surface area contributed by atoms with E-state index in [4.69, 9.17) is 0 Å². The summed E-state index contributed by atoms with van der Waals surface area (Å²) in [6, 6.07) is 17.3. The monoisotopic (exact) mass is 368 g/mol. The van der Waals surface area contributed by atoms with Crippen LogP contribution in [0.3, 0.4) is 0 Å². The molecule has 0 aliphatic rings. The van der Waals surface area contributed by atoms with Gasteiger partial charge in [0.15, 0.2) is 0 Å². The molecule has 0 aliphatic heterocycles. The molecule has 0 radical (unpaired) electrons. The Morgan fingerprint density at radius 2 is 0.789 bits per heavy atom. The quantitative estimate of drug-likeness (QED) is 0.753. The van der Waals surface area contributed by atoms with E-state index < -0.39 is 0 Å². The summed E-state index contributed by atoms with van der Waals surface area (Å²) in [6.07, 6.45) is 0. The van der Waals surface area contributed by atoms with Gasteiger partial charge in [0, 0.05) is 39.6 Å². The number of anilines is 2. The summed E-state index contributed by atoms with van der Waals surface area (Å²) in [5, 5.41) is 0. The number of halogens is 1. The molecule has 0 bridgehead atoms. The zero-order valence-electron chi connectivity index (χ0n) is 11.9. The van der Waals surface area contributed by atoms with Crippen molar-refractivity contribution in [2.45, 2.75) is 0 Å². The second kappa shape index (κ2) is 6.80. The van der Waals surface area contributed by atoms with Crippen LogP contribution in [0.25, 0.3) is 11.1 Å². The molecule has 0 aliphatic carbocycles. The zero-order valence-corrected chi connectivity index (χ0v) is 14.3. The molecule has 19 heavy (non-hydrogen) atoms. The summed E-state index contributed by atoms with van der Waals surface area (Å²) < 4.78 is 0. The molecular weight excluding hydrogens is 347 g/mol. The number of hydrogen-bond donors (Lipinski definition) is 0. The molecule has 0 spiro atoms. The van der Waals surface area contributed by atoms with Gasteiger partial charge in [-0.05, 0) is 35.4 Å². The molecule has 0 N–H and O–H groups in total. The molecule has 2 rings (SSSR count). The second-order valence-corrected chi connectivity index (χ2v) is 4.88. The van der Waals surface area contributed by atoms with Crippen molar-refractivity contribution in [3.8, 4) is 11.1 Å². The van der Waals surface area contributed by atoms with E-state index in [1.54, 1.807) is 0 Å². The number of benzene rings is 2. The molecule has 0 atom stereocenters. The van der Waals surface area contributed by atoms with Crippen LogP contribution >= 0.6 is 24.0 Å². The SMILES string of the molecule is CN(C)c1ccc(-c2ccc(N(C)C)cc2)cc1.I. The highest BCUT2D eigenvalue weighted by molar-refractivity contribution is 14.0. The van der Waals surface area contributed by atoms with E-state index in [-0.39, 0.29) is 24.0 Å². The molecule has 2 aromatic carbocycles. The molecule has 0 aromatic heterocycles. The average Bonchev–Trinajstić information content (AvgIpc) is 2.39. The summed E-state index contributed by atoms with van der Waals surface area (Å²) in [4.78, 5) is 4.22. The number of rotatable bonds is 3. The zero-order chi connectivity index (χ0) is 13.1. The largest absolute Gasteiger partial charge is 0.378 e. The lowest BCUT2D eigenvalue weighted by atomic mass is 10.0. The van der Waals surface area contributed by atoms with E-state index >= 15 is 0 Å². The first-order valence-corrected chi connectivity index (χ1v) is 6.13. The Morgan fingerprint density at radius 1 is 0.526 bits per heavy atom. The van der Waals surface area contributed by atoms with E-state index in [0.717, 1.165) is 0 Å². The summed E-state index contributed by atoms with van der Waals surface area (Å²) in [7, 11) is 8.23. The van der Waals surface area contributed by atoms with Crippen LogP contribution in [0.15, 0.2) is 48.5 Å². The van der Waals surface area contributed by atoms with E-state index in [1.165, 1.54) is 22.5 Å². The van der Waals surface area contributed by atoms with Crippen molar-refractivity contribution in [1.29, 1.82) is 0 Å². The van der Waals surface area contributed by atoms with Crippen LogP contribution in [0.4, 0.5) is 11.4 Å². The van der Waals surface area contributed by atoms with Crippen molar-refractivity contribution in [2.75, 3.05) is 38.0 Å². The third-order valence-corrected chi connectivity index (χ3v) is 3.10. The van der Waals surface area contributed by atoms with Gasteiger partial charge < -0.3 is 9.80 Å². The highest BCUT2D eigenvalue weighted by Gasteiger charge is 2.00. The number of hydrogen-bond acceptors (Lipinski definition) is 2. The third kappa shape index (κ3) is 3.86. The molecule has 2 aromatic rings. The third-order valence-electron chi connectivity index (χ3n) is 3.10. The molecule has 102 valence electrons. The van der Waals surface area contributed by atoms with Crippen molar-refractivity contribution in [2.24, 2.45) is 0 Å². The first kappa shape index (κ1) is 15.8. The maximum absolute atomic E-state index is 2.17. The van der Waals surface area contributed by atoms with Gasteiger partial charge in [-0.15, -0.1) is 24.0 Å². The molecule has 0 fully saturated rings. The fourth-order valence-corrected chi connectivity index (χ4v) is 1.90. The minimum atomic E-state index is 0. The molecule has 2 nitrogen and oxygen atoms in total. The van der Waals surface area contributed by atoms with Gasteiger partial charge in [0.2, 0.25) is 0 Å². The standard InChI is InChI=1S/C16H20N2.HI/c1-17(2)15-9-5-13(6-10-15)14-7-11-16(12-8-14)18(3)4;/h5-12H,1-4H3;1H. The summed E-state index contributed by atoms with van der Waals surface area (Å²) in [5.74, 6) is 0. The molecular formula is C16H21IN2. The Kier molecular flexibility index (Phi) is 5.66. The second-order valence-electron chi connectivity index (χ2n) is 4.88. The maximum atomic E-state index is 2.17. The van der Waals surface area contributed by atoms with Gasteiger partial charge in [0.1, 0.15) is 0 Å². The molecule has 0 unspecified atom stereocenters. The van der Waals surface area contributed by atoms with E-state index in [1.807, 2.05) is 0 Å². The Bertz CT molecular complexity index is 452. The predicted molar refractivity (Wildman–Crippen MR) is 95.9 cm³/mol. The molecule has 0 amide bonds. The highest BCUT2D eigenvalue weighted by atomic mass is 127. The van der Waals surface area contributed by atoms with Crippen LogP contribution in [-0.4, -0.2) is 28.2 Å². The van der Waals surface area contributed by atoms with Gasteiger partial charge in [-0.2, -0.15) is 0 Å². The predicted octanol–water partition coefficient (Wildman–Crippen LogP) is 4.10. The van der Waals surface area contributed by atoms with Gasteiger partial charge >= 0.3 is 0 Å². The fraction of sp³-hybridized carbons (Fsp3) is 0.250. The maximum Gasteiger partial charge on any atom is 0.0361 e. The van der Waals surface area contributed by atoms with E-state index in [0.29, 0.717) is 0 Å². The van der Waals surface area contributed by atoms with E-state index in [2.05, 4.69) is 86.5 Å². The first-order valence-electron chi connectivity index (χ1n) is 6.13. The smallest absolute Gasteiger partial charge is 0.0361 e. The Labute approximate surface area is 133 Å². The van der Waals surface area contributed by atoms with Crippen molar-refractivity contribution in [3.63, 3.8) is 0 Å². The van der Waals surface area contributed by atoms with Crippen LogP contribution in [0.1, 0.15) is 0 Å². The van der Waals surface area contributed by atoms with Gasteiger partial charge in [-0.3, -0.25) is 0 Å². The van der Waals surface area contributed by atoms with Crippen molar-refractivity contribution < 1.29 is 0 Å². The lowest BCUT2D eigenvalue weighted by Crippen LogP contribution is -2.08. The molecule has 0 heterocycles. The Morgan fingerprint density at radius 3 is 1.00 bits per heavy atom. The lowest BCUT2D eigenvalue weighted by molar-refractivity contribution is 1.13. The first-order chi connectivity index (χ1) is 8.58.